The Labute approximate surface area is 101 Å². The summed E-state index contributed by atoms with van der Waals surface area (Å²) in [5, 5.41) is 2.69. The number of aromatic nitrogens is 1. The average molecular weight is 304 g/mol. The fraction of sp³-hybridized carbons (Fsp3) is 0.308. The molecule has 2 aromatic rings. The van der Waals surface area contributed by atoms with Gasteiger partial charge in [-0.25, -0.2) is 0 Å². The summed E-state index contributed by atoms with van der Waals surface area (Å²) in [5.74, 6) is 0. The van der Waals surface area contributed by atoms with E-state index >= 15 is 0 Å². The molecule has 0 atom stereocenters. The van der Waals surface area contributed by atoms with Gasteiger partial charge in [0.2, 0.25) is 0 Å². The zero-order valence-electron chi connectivity index (χ0n) is 9.41. The van der Waals surface area contributed by atoms with Crippen molar-refractivity contribution >= 4 is 35.5 Å². The summed E-state index contributed by atoms with van der Waals surface area (Å²) < 4.78 is 2.00. The Hall–Kier alpha value is -0.571. The van der Waals surface area contributed by atoms with Crippen LogP contribution in [-0.2, 0) is 0 Å². The van der Waals surface area contributed by atoms with Crippen LogP contribution in [-0.4, -0.2) is 26.1 Å². The van der Waals surface area contributed by atoms with Crippen LogP contribution in [0.5, 0.6) is 0 Å². The summed E-state index contributed by atoms with van der Waals surface area (Å²) in [4.78, 5) is 4.34. The predicted molar refractivity (Wildman–Crippen MR) is 66.8 cm³/mol. The first-order valence-corrected chi connectivity index (χ1v) is 8.03. The van der Waals surface area contributed by atoms with Crippen LogP contribution < -0.4 is 3.58 Å². The minimum atomic E-state index is -0.555. The standard InChI is InChI=1S/C9H6N.C4H9.Sn/c1-2-4-9-7-10-6-5-8(9)3-1;1-4(2)3;/h1-4,6-7H;1-3H3;. The first-order chi connectivity index (χ1) is 7.06. The number of rotatable bonds is 1. The van der Waals surface area contributed by atoms with E-state index in [1.807, 2.05) is 6.20 Å². The third kappa shape index (κ3) is 2.71. The van der Waals surface area contributed by atoms with Crippen molar-refractivity contribution < 1.29 is 0 Å². The van der Waals surface area contributed by atoms with Crippen molar-refractivity contribution in [2.45, 2.75) is 24.2 Å². The molecule has 2 heteroatoms. The van der Waals surface area contributed by atoms with E-state index in [1.54, 1.807) is 0 Å². The van der Waals surface area contributed by atoms with Gasteiger partial charge in [-0.15, -0.1) is 0 Å². The van der Waals surface area contributed by atoms with Gasteiger partial charge in [0.25, 0.3) is 0 Å². The molecular formula is C13H15NSn. The van der Waals surface area contributed by atoms with E-state index in [-0.39, 0.29) is 0 Å². The Balaban J connectivity index is 2.52. The molecule has 0 saturated heterocycles. The third-order valence-corrected chi connectivity index (χ3v) is 6.22. The molecule has 0 amide bonds. The fourth-order valence-electron chi connectivity index (χ4n) is 1.62. The van der Waals surface area contributed by atoms with Crippen LogP contribution >= 0.6 is 0 Å². The zero-order chi connectivity index (χ0) is 10.9. The molecule has 0 bridgehead atoms. The van der Waals surface area contributed by atoms with E-state index in [9.17, 15) is 0 Å². The zero-order valence-corrected chi connectivity index (χ0v) is 12.3. The van der Waals surface area contributed by atoms with Crippen LogP contribution in [0.3, 0.4) is 0 Å². The van der Waals surface area contributed by atoms with E-state index in [0.717, 1.165) is 0 Å². The Bertz CT molecular complexity index is 466. The fourth-order valence-corrected chi connectivity index (χ4v) is 5.36. The predicted octanol–water partition coefficient (Wildman–Crippen LogP) is 2.78. The molecule has 0 unspecified atom stereocenters. The second kappa shape index (κ2) is 4.12. The molecule has 0 aliphatic heterocycles. The molecule has 1 aromatic heterocycles. The summed E-state index contributed by atoms with van der Waals surface area (Å²) >= 11 is -0.555. The van der Waals surface area contributed by atoms with Gasteiger partial charge in [0, 0.05) is 0 Å². The topological polar surface area (TPSA) is 12.9 Å². The molecule has 0 aliphatic rings. The molecule has 15 heavy (non-hydrogen) atoms. The molecule has 1 nitrogen and oxygen atoms in total. The molecule has 76 valence electrons. The second-order valence-corrected chi connectivity index (χ2v) is 11.3. The Kier molecular flexibility index (Phi) is 3.00. The van der Waals surface area contributed by atoms with Gasteiger partial charge in [-0.2, -0.15) is 0 Å². The molecule has 0 N–H and O–H groups in total. The first kappa shape index (κ1) is 10.9. The monoisotopic (exact) mass is 305 g/mol. The van der Waals surface area contributed by atoms with Gasteiger partial charge in [-0.1, -0.05) is 0 Å². The minimum absolute atomic E-state index is 0.481. The summed E-state index contributed by atoms with van der Waals surface area (Å²) in [6.07, 6.45) is 4.03. The SMILES string of the molecule is C[C](C)(C)[Sn][c]1cncc2ccccc12. The number of hydrogen-bond acceptors (Lipinski definition) is 1. The summed E-state index contributed by atoms with van der Waals surface area (Å²) in [6.45, 7) is 7.00. The van der Waals surface area contributed by atoms with Gasteiger partial charge in [0.15, 0.2) is 0 Å². The number of pyridine rings is 1. The van der Waals surface area contributed by atoms with Crippen molar-refractivity contribution in [2.75, 3.05) is 0 Å². The van der Waals surface area contributed by atoms with Gasteiger partial charge in [-0.05, 0) is 0 Å². The van der Waals surface area contributed by atoms with Crippen molar-refractivity contribution in [2.24, 2.45) is 0 Å². The van der Waals surface area contributed by atoms with Gasteiger partial charge >= 0.3 is 101 Å². The van der Waals surface area contributed by atoms with Crippen LogP contribution in [0.4, 0.5) is 0 Å². The van der Waals surface area contributed by atoms with Crippen LogP contribution in [0.15, 0.2) is 36.7 Å². The van der Waals surface area contributed by atoms with Gasteiger partial charge in [0.05, 0.1) is 0 Å². The number of fused-ring (bicyclic) bond motifs is 1. The van der Waals surface area contributed by atoms with Crippen molar-refractivity contribution in [1.29, 1.82) is 0 Å². The number of nitrogens with zero attached hydrogens (tertiary/aromatic N) is 1. The number of benzene rings is 1. The summed E-state index contributed by atoms with van der Waals surface area (Å²) in [6, 6.07) is 8.57. The van der Waals surface area contributed by atoms with E-state index in [4.69, 9.17) is 0 Å². The molecule has 2 radical (unpaired) electrons. The summed E-state index contributed by atoms with van der Waals surface area (Å²) in [5.41, 5.74) is 0. The van der Waals surface area contributed by atoms with E-state index in [2.05, 4.69) is 56.2 Å². The molecular weight excluding hydrogens is 289 g/mol. The van der Waals surface area contributed by atoms with Gasteiger partial charge < -0.3 is 0 Å². The maximum atomic E-state index is 4.34. The molecule has 0 saturated carbocycles. The Morgan fingerprint density at radius 1 is 1.07 bits per heavy atom. The van der Waals surface area contributed by atoms with Crippen molar-refractivity contribution in [3.05, 3.63) is 36.7 Å². The van der Waals surface area contributed by atoms with Crippen molar-refractivity contribution in [3.8, 4) is 0 Å². The van der Waals surface area contributed by atoms with Gasteiger partial charge in [0.1, 0.15) is 0 Å². The first-order valence-electron chi connectivity index (χ1n) is 5.17. The Morgan fingerprint density at radius 2 is 1.80 bits per heavy atom. The normalized spacial score (nSPS) is 11.9. The van der Waals surface area contributed by atoms with Crippen LogP contribution in [0, 0.1) is 0 Å². The van der Waals surface area contributed by atoms with Crippen LogP contribution in [0.2, 0.25) is 3.43 Å². The molecule has 0 fully saturated rings. The van der Waals surface area contributed by atoms with Crippen molar-refractivity contribution in [1.82, 2.24) is 4.98 Å². The number of hydrogen-bond donors (Lipinski definition) is 0. The summed E-state index contributed by atoms with van der Waals surface area (Å²) in [7, 11) is 0. The van der Waals surface area contributed by atoms with Crippen LogP contribution in [0.1, 0.15) is 20.8 Å². The van der Waals surface area contributed by atoms with E-state index < -0.39 is 21.1 Å². The Morgan fingerprint density at radius 3 is 2.53 bits per heavy atom. The second-order valence-electron chi connectivity index (χ2n) is 4.78. The maximum absolute atomic E-state index is 4.34. The average Bonchev–Trinajstić information content (AvgIpc) is 2.16. The van der Waals surface area contributed by atoms with Crippen molar-refractivity contribution in [3.63, 3.8) is 0 Å². The quantitative estimate of drug-likeness (QED) is 0.738. The molecule has 1 heterocycles. The van der Waals surface area contributed by atoms with Crippen LogP contribution in [0.25, 0.3) is 10.8 Å². The van der Waals surface area contributed by atoms with E-state index in [1.165, 1.54) is 14.4 Å². The van der Waals surface area contributed by atoms with E-state index in [0.29, 0.717) is 3.43 Å². The molecule has 1 aromatic carbocycles. The molecule has 0 spiro atoms. The molecule has 0 aliphatic carbocycles. The molecule has 2 rings (SSSR count). The third-order valence-electron chi connectivity index (χ3n) is 2.18. The van der Waals surface area contributed by atoms with Gasteiger partial charge in [-0.3, -0.25) is 0 Å².